The van der Waals surface area contributed by atoms with Gasteiger partial charge >= 0.3 is 11.9 Å². The Labute approximate surface area is 397 Å². The fraction of sp³-hybridized carbons (Fsp3) is 0.536. The van der Waals surface area contributed by atoms with E-state index in [-0.39, 0.29) is 69.4 Å². The predicted octanol–water partition coefficient (Wildman–Crippen LogP) is 6.16. The summed E-state index contributed by atoms with van der Waals surface area (Å²) in [6.45, 7) is 15.0. The molecule has 2 aromatic carbocycles. The van der Waals surface area contributed by atoms with E-state index < -0.39 is 88.7 Å². The van der Waals surface area contributed by atoms with Gasteiger partial charge in [-0.25, -0.2) is 9.59 Å². The molecule has 0 heterocycles. The summed E-state index contributed by atoms with van der Waals surface area (Å²) in [5.41, 5.74) is -5.80. The van der Waals surface area contributed by atoms with Crippen molar-refractivity contribution in [2.75, 3.05) is 13.2 Å². The third-order valence-corrected chi connectivity index (χ3v) is 18.8. The van der Waals surface area contributed by atoms with E-state index in [0.717, 1.165) is 0 Å². The predicted molar refractivity (Wildman–Crippen MR) is 250 cm³/mol. The summed E-state index contributed by atoms with van der Waals surface area (Å²) in [4.78, 5) is 57.2. The molecule has 4 saturated carbocycles. The maximum atomic E-state index is 15.1. The number of ketones is 2. The van der Waals surface area contributed by atoms with Crippen LogP contribution in [-0.2, 0) is 23.9 Å². The quantitative estimate of drug-likeness (QED) is 0.109. The lowest BCUT2D eigenvalue weighted by Gasteiger charge is -2.48. The molecule has 5 N–H and O–H groups in total. The van der Waals surface area contributed by atoms with E-state index in [1.807, 2.05) is 13.8 Å². The fourth-order valence-electron chi connectivity index (χ4n) is 15.1. The van der Waals surface area contributed by atoms with E-state index in [9.17, 15) is 39.9 Å². The number of ether oxygens (including phenoxy) is 3. The number of carbonyl (C=O) groups is 4. The number of carbonyl (C=O) groups excluding carboxylic acids is 4. The molecule has 2 aromatic rings. The number of allylic oxidation sites excluding steroid dienone is 2. The van der Waals surface area contributed by atoms with Crippen LogP contribution < -0.4 is 4.74 Å². The Morgan fingerprint density at radius 3 is 1.78 bits per heavy atom. The Morgan fingerprint density at radius 2 is 1.24 bits per heavy atom. The summed E-state index contributed by atoms with van der Waals surface area (Å²) in [6, 6.07) is 15.2. The molecule has 0 unspecified atom stereocenters. The number of fused-ring (bicyclic) bond motifs is 6. The van der Waals surface area contributed by atoms with Crippen molar-refractivity contribution in [3.8, 4) is 5.75 Å². The molecule has 10 rings (SSSR count). The number of esters is 2. The van der Waals surface area contributed by atoms with Crippen LogP contribution in [0.5, 0.6) is 5.75 Å². The number of hydrogen-bond donors (Lipinski definition) is 5. The normalized spacial score (nSPS) is 42.2. The minimum absolute atomic E-state index is 0.00796. The Bertz CT molecular complexity index is 2650. The third-order valence-electron chi connectivity index (χ3n) is 18.8. The van der Waals surface area contributed by atoms with Crippen LogP contribution in [0.25, 0.3) is 6.08 Å². The summed E-state index contributed by atoms with van der Waals surface area (Å²) in [5.74, 6) is -3.33. The SMILES string of the molecule is CC1=C[C@]23C(=O)[C@@H](C=C(CO)[C@@H](O)[C@]2(O)[C@H]1OC(=O)/C=C/c1cccc(OCC2=C[C@@H]4C(=O)[C@]5(C=C(C)[C@H](OC(=O)c6ccccc6)[C@@]5(O)[C@@H]2O)[C@H](C)C[C@@H]2[C@H]4C2(C)C)c1)[C@H]1[C@@H](C[C@H]3C)C1(C)C. The summed E-state index contributed by atoms with van der Waals surface area (Å²) < 4.78 is 18.4. The van der Waals surface area contributed by atoms with Crippen molar-refractivity contribution in [2.24, 2.45) is 69.0 Å². The van der Waals surface area contributed by atoms with Crippen LogP contribution in [0.3, 0.4) is 0 Å². The highest BCUT2D eigenvalue weighted by atomic mass is 16.6. The first-order valence-electron chi connectivity index (χ1n) is 24.2. The number of rotatable bonds is 9. The zero-order chi connectivity index (χ0) is 48.8. The highest BCUT2D eigenvalue weighted by Crippen LogP contribution is 2.73. The van der Waals surface area contributed by atoms with Crippen molar-refractivity contribution < 1.29 is 58.9 Å². The second-order valence-electron chi connectivity index (χ2n) is 22.7. The second kappa shape index (κ2) is 15.5. The zero-order valence-corrected chi connectivity index (χ0v) is 40.0. The summed E-state index contributed by atoms with van der Waals surface area (Å²) in [5, 5.41) is 60.9. The zero-order valence-electron chi connectivity index (χ0n) is 40.0. The van der Waals surface area contributed by atoms with Crippen molar-refractivity contribution >= 4 is 29.6 Å². The van der Waals surface area contributed by atoms with Gasteiger partial charge < -0.3 is 39.7 Å². The lowest BCUT2D eigenvalue weighted by molar-refractivity contribution is -0.201. The van der Waals surface area contributed by atoms with Gasteiger partial charge in [0.05, 0.1) is 23.0 Å². The molecular formula is C56H64O12. The highest BCUT2D eigenvalue weighted by molar-refractivity contribution is 5.97. The molecule has 12 nitrogen and oxygen atoms in total. The van der Waals surface area contributed by atoms with Crippen LogP contribution >= 0.6 is 0 Å². The molecule has 12 heteroatoms. The summed E-state index contributed by atoms with van der Waals surface area (Å²) >= 11 is 0. The molecule has 2 spiro atoms. The lowest BCUT2D eigenvalue weighted by atomic mass is 9.59. The van der Waals surface area contributed by atoms with Gasteiger partial charge in [0.2, 0.25) is 0 Å². The first-order chi connectivity index (χ1) is 32.0. The molecular weight excluding hydrogens is 865 g/mol. The minimum Gasteiger partial charge on any atom is -0.489 e. The highest BCUT2D eigenvalue weighted by Gasteiger charge is 2.78. The molecule has 8 aliphatic rings. The van der Waals surface area contributed by atoms with Gasteiger partial charge in [0.1, 0.15) is 24.6 Å². The number of hydrogen-bond acceptors (Lipinski definition) is 12. The molecule has 0 radical (unpaired) electrons. The smallest absolute Gasteiger partial charge is 0.338 e. The van der Waals surface area contributed by atoms with E-state index >= 15 is 4.79 Å². The molecule has 0 amide bonds. The van der Waals surface area contributed by atoms with Crippen molar-refractivity contribution in [3.05, 3.63) is 118 Å². The van der Waals surface area contributed by atoms with Gasteiger partial charge in [0.25, 0.3) is 0 Å². The largest absolute Gasteiger partial charge is 0.489 e. The van der Waals surface area contributed by atoms with Crippen LogP contribution in [0.4, 0.5) is 0 Å². The number of benzene rings is 2. The van der Waals surface area contributed by atoms with E-state index in [1.165, 1.54) is 12.2 Å². The second-order valence-corrected chi connectivity index (χ2v) is 22.7. The maximum absolute atomic E-state index is 15.1. The maximum Gasteiger partial charge on any atom is 0.338 e. The van der Waals surface area contributed by atoms with Crippen LogP contribution in [-0.4, -0.2) is 97.9 Å². The Kier molecular flexibility index (Phi) is 10.7. The topological polar surface area (TPSA) is 197 Å². The third kappa shape index (κ3) is 6.15. The van der Waals surface area contributed by atoms with E-state index in [1.54, 1.807) is 92.7 Å². The Morgan fingerprint density at radius 1 is 0.721 bits per heavy atom. The van der Waals surface area contributed by atoms with Crippen LogP contribution in [0.2, 0.25) is 0 Å². The van der Waals surface area contributed by atoms with Gasteiger partial charge in [-0.1, -0.05) is 96.2 Å². The molecule has 0 saturated heterocycles. The first-order valence-corrected chi connectivity index (χ1v) is 24.2. The molecule has 4 bridgehead atoms. The van der Waals surface area contributed by atoms with Crippen molar-refractivity contribution in [1.82, 2.24) is 0 Å². The molecule has 0 aliphatic heterocycles. The Balaban J connectivity index is 0.899. The van der Waals surface area contributed by atoms with Gasteiger partial charge in [-0.3, -0.25) is 9.59 Å². The van der Waals surface area contributed by atoms with E-state index in [2.05, 4.69) is 27.7 Å². The molecule has 8 aliphatic carbocycles. The van der Waals surface area contributed by atoms with Gasteiger partial charge in [-0.15, -0.1) is 0 Å². The molecule has 68 heavy (non-hydrogen) atoms. The van der Waals surface area contributed by atoms with Gasteiger partial charge in [0.15, 0.2) is 35.0 Å². The molecule has 16 atom stereocenters. The monoisotopic (exact) mass is 928 g/mol. The Hall–Kier alpha value is -4.98. The minimum atomic E-state index is -2.27. The van der Waals surface area contributed by atoms with Crippen molar-refractivity contribution in [3.63, 3.8) is 0 Å². The van der Waals surface area contributed by atoms with Gasteiger partial charge in [-0.05, 0) is 131 Å². The first kappa shape index (κ1) is 46.7. The standard InChI is InChI=1S/C56H64O12/c1-28-24-53-30(3)19-39-42(51(39,5)6)37(46(53)61)22-34(26-57)44(59)55(53,64)48(28)67-41(58)18-17-32-13-12-16-36(21-32)66-27-35-23-38-43-40(52(43,7)8)20-31(4)54(47(38)62)25-29(2)49(56(54,65)45(35)60)68-50(63)33-14-10-9-11-15-33/h9-18,21-25,30-31,37-40,42-45,48-49,57,59-60,64-65H,19-20,26-27H2,1-8H3/b18-17+/t30-,31-,37+,38+,39-,40-,42+,43+,44-,45-,48+,49+,53+,54+,55+,56+/m1/s1. The van der Waals surface area contributed by atoms with Gasteiger partial charge in [-0.2, -0.15) is 0 Å². The van der Waals surface area contributed by atoms with Crippen LogP contribution in [0.1, 0.15) is 84.2 Å². The average Bonchev–Trinajstić information content (AvgIpc) is 4.02. The fourth-order valence-corrected chi connectivity index (χ4v) is 15.1. The van der Waals surface area contributed by atoms with Crippen molar-refractivity contribution in [2.45, 2.75) is 104 Å². The molecule has 4 fully saturated rings. The van der Waals surface area contributed by atoms with E-state index in [0.29, 0.717) is 35.3 Å². The van der Waals surface area contributed by atoms with Crippen molar-refractivity contribution in [1.29, 1.82) is 0 Å². The number of Topliss-reactive ketones (excluding diaryl/α,β-unsaturated/α-hetero) is 2. The van der Waals surface area contributed by atoms with Crippen LogP contribution in [0, 0.1) is 69.0 Å². The average molecular weight is 929 g/mol. The van der Waals surface area contributed by atoms with Crippen LogP contribution in [0.15, 0.2) is 107 Å². The lowest BCUT2D eigenvalue weighted by Crippen LogP contribution is -2.65. The number of aliphatic hydroxyl groups excluding tert-OH is 3. The summed E-state index contributed by atoms with van der Waals surface area (Å²) in [7, 11) is 0. The van der Waals surface area contributed by atoms with E-state index in [4.69, 9.17) is 14.2 Å². The molecule has 0 aromatic heterocycles. The molecule has 360 valence electrons. The van der Waals surface area contributed by atoms with Gasteiger partial charge in [0, 0.05) is 17.9 Å². The number of aliphatic hydroxyl groups is 5. The summed E-state index contributed by atoms with van der Waals surface area (Å²) in [6.07, 6.45) is 4.73.